The predicted molar refractivity (Wildman–Crippen MR) is 13.8 cm³/mol. The molecule has 5 nitrogen and oxygen atoms in total. The van der Waals surface area contributed by atoms with Crippen LogP contribution in [0.4, 0.5) is 0 Å². The molecule has 7 heteroatoms. The van der Waals surface area contributed by atoms with Crippen molar-refractivity contribution >= 4 is 7.32 Å². The van der Waals surface area contributed by atoms with Gasteiger partial charge in [0.15, 0.2) is 0 Å². The normalized spacial score (nSPS) is 3.86. The Morgan fingerprint density at radius 3 is 0.857 bits per heavy atom. The van der Waals surface area contributed by atoms with Gasteiger partial charge in [-0.25, -0.2) is 0 Å². The van der Waals surface area contributed by atoms with Crippen molar-refractivity contribution in [2.75, 3.05) is 0 Å². The first-order valence-corrected chi connectivity index (χ1v) is 0.775. The van der Waals surface area contributed by atoms with E-state index in [1.54, 1.807) is 0 Å². The molecule has 0 aromatic rings. The van der Waals surface area contributed by atoms with Crippen LogP contribution in [-0.4, -0.2) is 22.4 Å². The fourth-order valence-electron chi connectivity index (χ4n) is 0. The summed E-state index contributed by atoms with van der Waals surface area (Å²) in [5, 5.41) is 21.5. The summed E-state index contributed by atoms with van der Waals surface area (Å²) < 4.78 is 0. The maximum atomic E-state index is 7.17. The molecule has 0 aliphatic rings. The Morgan fingerprint density at radius 1 is 0.857 bits per heavy atom. The van der Waals surface area contributed by atoms with E-state index in [1.165, 1.54) is 0 Å². The van der Waals surface area contributed by atoms with Crippen molar-refractivity contribution in [1.82, 2.24) is 0 Å². The van der Waals surface area contributed by atoms with Crippen LogP contribution < -0.4 is 0 Å². The van der Waals surface area contributed by atoms with Gasteiger partial charge in [0.25, 0.3) is 0 Å². The number of rotatable bonds is 0. The topological polar surface area (TPSA) is 118 Å². The second kappa shape index (κ2) is 16.0. The second-order valence-corrected chi connectivity index (χ2v) is 0.346. The summed E-state index contributed by atoms with van der Waals surface area (Å²) in [6.45, 7) is 0. The molecule has 0 aromatic heterocycles. The Labute approximate surface area is 55.7 Å². The van der Waals surface area contributed by atoms with Crippen molar-refractivity contribution in [2.45, 2.75) is 0 Å². The number of hydrogen-bond donors (Lipinski definition) is 3. The van der Waals surface area contributed by atoms with Gasteiger partial charge in [-0.2, -0.15) is 0 Å². The molecule has 0 fully saturated rings. The first-order valence-electron chi connectivity index (χ1n) is 0.775. The van der Waals surface area contributed by atoms with E-state index < -0.39 is 7.32 Å². The third-order valence-electron chi connectivity index (χ3n) is 0. The van der Waals surface area contributed by atoms with Gasteiger partial charge in [-0.15, -0.1) is 0 Å². The van der Waals surface area contributed by atoms with E-state index in [2.05, 4.69) is 0 Å². The molecule has 0 atom stereocenters. The smallest absolute Gasteiger partial charge is 2.00 e. The van der Waals surface area contributed by atoms with Gasteiger partial charge in [-0.3, -0.25) is 0 Å². The van der Waals surface area contributed by atoms with Gasteiger partial charge in [0.05, 0.1) is 0 Å². The molecule has 0 unspecified atom stereocenters. The summed E-state index contributed by atoms with van der Waals surface area (Å²) >= 11 is 0. The summed E-state index contributed by atoms with van der Waals surface area (Å²) in [4.78, 5) is 0. The van der Waals surface area contributed by atoms with Crippen LogP contribution in [0.15, 0.2) is 0 Å². The minimum Gasteiger partial charge on any atom is -2.00 e. The van der Waals surface area contributed by atoms with Gasteiger partial charge in [0.2, 0.25) is 0 Å². The molecule has 0 saturated carbocycles. The minimum atomic E-state index is -2.17. The van der Waals surface area contributed by atoms with E-state index in [0.717, 1.165) is 0 Å². The van der Waals surface area contributed by atoms with Gasteiger partial charge in [0.1, 0.15) is 0 Å². The Balaban J connectivity index is -0.0000000150. The molecule has 0 spiro atoms. The molecular formula is H3BO5Ti. The predicted octanol–water partition coefficient (Wildman–Crippen LogP) is -2.29. The summed E-state index contributed by atoms with van der Waals surface area (Å²) in [7, 11) is -2.17. The fourth-order valence-corrected chi connectivity index (χ4v) is 0. The third kappa shape index (κ3) is 411. The van der Waals surface area contributed by atoms with Crippen molar-refractivity contribution in [3.05, 3.63) is 0 Å². The van der Waals surface area contributed by atoms with E-state index in [4.69, 9.17) is 15.1 Å². The van der Waals surface area contributed by atoms with E-state index in [1.807, 2.05) is 0 Å². The summed E-state index contributed by atoms with van der Waals surface area (Å²) in [6, 6.07) is 0. The fraction of sp³-hybridized carbons (Fsp3) is 0. The molecule has 0 radical (unpaired) electrons. The van der Waals surface area contributed by atoms with Crippen LogP contribution in [0.5, 0.6) is 0 Å². The van der Waals surface area contributed by atoms with Crippen LogP contribution in [0.3, 0.4) is 0 Å². The molecule has 0 aliphatic heterocycles. The monoisotopic (exact) mass is 142 g/mol. The maximum Gasteiger partial charge on any atom is 4.00 e. The molecule has 0 amide bonds. The van der Waals surface area contributed by atoms with Crippen LogP contribution >= 0.6 is 0 Å². The van der Waals surface area contributed by atoms with Gasteiger partial charge in [0, 0.05) is 0 Å². The van der Waals surface area contributed by atoms with Gasteiger partial charge >= 0.3 is 29.0 Å². The molecule has 0 saturated heterocycles. The first-order chi connectivity index (χ1) is 1.73. The van der Waals surface area contributed by atoms with Gasteiger partial charge < -0.3 is 26.0 Å². The van der Waals surface area contributed by atoms with Crippen molar-refractivity contribution in [2.24, 2.45) is 0 Å². The van der Waals surface area contributed by atoms with Gasteiger partial charge in [-0.1, -0.05) is 0 Å². The van der Waals surface area contributed by atoms with Crippen LogP contribution in [0, 0.1) is 0 Å². The Hall–Kier alpha value is 0.579. The van der Waals surface area contributed by atoms with Crippen molar-refractivity contribution in [1.29, 1.82) is 0 Å². The summed E-state index contributed by atoms with van der Waals surface area (Å²) in [5.74, 6) is 0. The SMILES string of the molecule is OB(O)O.[O-2].[O-2].[Ti+4]. The van der Waals surface area contributed by atoms with E-state index in [0.29, 0.717) is 0 Å². The minimum absolute atomic E-state index is 0. The van der Waals surface area contributed by atoms with Crippen LogP contribution in [0.1, 0.15) is 0 Å². The molecule has 0 rings (SSSR count). The number of hydrogen-bond acceptors (Lipinski definition) is 3. The van der Waals surface area contributed by atoms with Crippen molar-refractivity contribution < 1.29 is 47.7 Å². The van der Waals surface area contributed by atoms with Crippen LogP contribution in [0.25, 0.3) is 0 Å². The maximum absolute atomic E-state index is 7.17. The Kier molecular flexibility index (Phi) is 58.5. The molecule has 0 aromatic carbocycles. The van der Waals surface area contributed by atoms with E-state index in [-0.39, 0.29) is 32.7 Å². The molecular weight excluding hydrogens is 139 g/mol. The second-order valence-electron chi connectivity index (χ2n) is 0.346. The standard InChI is InChI=1S/BH3O3.2O.Ti/c2-1(3)4;;;/h2-4H;;;/q;2*-2;+4. The molecule has 0 bridgehead atoms. The quantitative estimate of drug-likeness (QED) is 0.330. The zero-order valence-electron chi connectivity index (χ0n) is 3.24. The Bertz CT molecular complexity index is 12.8. The molecule has 3 N–H and O–H groups in total. The van der Waals surface area contributed by atoms with E-state index >= 15 is 0 Å². The average Bonchev–Trinajstić information content (AvgIpc) is 0.811. The average molecular weight is 142 g/mol. The molecule has 0 heterocycles. The van der Waals surface area contributed by atoms with Crippen LogP contribution in [-0.2, 0) is 32.7 Å². The van der Waals surface area contributed by atoms with Crippen molar-refractivity contribution in [3.8, 4) is 0 Å². The molecule has 0 aliphatic carbocycles. The first kappa shape index (κ1) is 25.6. The van der Waals surface area contributed by atoms with Gasteiger partial charge in [-0.05, 0) is 0 Å². The molecule has 40 valence electrons. The largest absolute Gasteiger partial charge is 4.00 e. The summed E-state index contributed by atoms with van der Waals surface area (Å²) in [6.07, 6.45) is 0. The zero-order valence-corrected chi connectivity index (χ0v) is 4.80. The van der Waals surface area contributed by atoms with Crippen molar-refractivity contribution in [3.63, 3.8) is 0 Å². The van der Waals surface area contributed by atoms with E-state index in [9.17, 15) is 0 Å². The molecule has 7 heavy (non-hydrogen) atoms. The summed E-state index contributed by atoms with van der Waals surface area (Å²) in [5.41, 5.74) is 0. The zero-order chi connectivity index (χ0) is 3.58. The Morgan fingerprint density at radius 2 is 0.857 bits per heavy atom. The van der Waals surface area contributed by atoms with Crippen LogP contribution in [0.2, 0.25) is 0 Å². The third-order valence-corrected chi connectivity index (χ3v) is 0.